The normalized spacial score (nSPS) is 11.8. The van der Waals surface area contributed by atoms with Gasteiger partial charge in [-0.15, -0.1) is 0 Å². The Morgan fingerprint density at radius 3 is 1.69 bits per heavy atom. The van der Waals surface area contributed by atoms with Gasteiger partial charge >= 0.3 is 6.18 Å². The highest BCUT2D eigenvalue weighted by atomic mass is 19.4. The molecule has 0 bridgehead atoms. The van der Waals surface area contributed by atoms with Gasteiger partial charge in [-0.25, -0.2) is 13.2 Å². The van der Waals surface area contributed by atoms with Crippen LogP contribution >= 0.6 is 0 Å². The van der Waals surface area contributed by atoms with E-state index in [1.54, 1.807) is 0 Å². The van der Waals surface area contributed by atoms with Crippen LogP contribution in [0.3, 0.4) is 0 Å². The van der Waals surface area contributed by atoms with E-state index < -0.39 is 29.2 Å². The van der Waals surface area contributed by atoms with Crippen molar-refractivity contribution in [3.8, 4) is 0 Å². The minimum absolute atomic E-state index is 0.223. The van der Waals surface area contributed by atoms with Gasteiger partial charge in [0.05, 0.1) is 0 Å². The van der Waals surface area contributed by atoms with E-state index in [1.807, 2.05) is 0 Å². The van der Waals surface area contributed by atoms with Crippen LogP contribution < -0.4 is 0 Å². The molecule has 0 atom stereocenters. The standard InChI is InChI=1S/C7H2F6/c8-3-1-2-4(9)6(10)5(3)7(11,12)13/h1-2H. The third kappa shape index (κ3) is 1.76. The summed E-state index contributed by atoms with van der Waals surface area (Å²) in [5, 5.41) is 0. The van der Waals surface area contributed by atoms with Gasteiger partial charge in [0.25, 0.3) is 0 Å². The van der Waals surface area contributed by atoms with Crippen molar-refractivity contribution in [3.63, 3.8) is 0 Å². The number of alkyl halides is 3. The van der Waals surface area contributed by atoms with Gasteiger partial charge in [-0.05, 0) is 12.1 Å². The Bertz CT molecular complexity index is 326. The maximum atomic E-state index is 12.4. The first-order chi connectivity index (χ1) is 5.84. The summed E-state index contributed by atoms with van der Waals surface area (Å²) in [7, 11) is 0. The molecule has 6 heteroatoms. The summed E-state index contributed by atoms with van der Waals surface area (Å²) in [5.41, 5.74) is -2.20. The lowest BCUT2D eigenvalue weighted by Crippen LogP contribution is -2.12. The largest absolute Gasteiger partial charge is 0.422 e. The highest BCUT2D eigenvalue weighted by Crippen LogP contribution is 2.33. The molecule has 0 fully saturated rings. The Balaban J connectivity index is 3.43. The van der Waals surface area contributed by atoms with Crippen molar-refractivity contribution in [1.82, 2.24) is 0 Å². The minimum Gasteiger partial charge on any atom is -0.206 e. The predicted molar refractivity (Wildman–Crippen MR) is 31.3 cm³/mol. The molecule has 0 unspecified atom stereocenters. The highest BCUT2D eigenvalue weighted by Gasteiger charge is 2.38. The molecule has 1 aromatic carbocycles. The molecule has 0 nitrogen and oxygen atoms in total. The van der Waals surface area contributed by atoms with Crippen molar-refractivity contribution in [2.24, 2.45) is 0 Å². The molecule has 0 aliphatic carbocycles. The smallest absolute Gasteiger partial charge is 0.206 e. The Kier molecular flexibility index (Phi) is 2.23. The summed E-state index contributed by atoms with van der Waals surface area (Å²) in [6.07, 6.45) is -5.23. The fourth-order valence-corrected chi connectivity index (χ4v) is 0.787. The van der Waals surface area contributed by atoms with Crippen LogP contribution in [0.15, 0.2) is 12.1 Å². The number of hydrogen-bond donors (Lipinski definition) is 0. The van der Waals surface area contributed by atoms with Crippen LogP contribution in [-0.2, 0) is 6.18 Å². The lowest BCUT2D eigenvalue weighted by Gasteiger charge is -2.08. The van der Waals surface area contributed by atoms with Crippen LogP contribution in [0.25, 0.3) is 0 Å². The Hall–Kier alpha value is -1.20. The molecular weight excluding hydrogens is 198 g/mol. The minimum atomic E-state index is -5.23. The maximum Gasteiger partial charge on any atom is 0.422 e. The first-order valence-corrected chi connectivity index (χ1v) is 3.04. The maximum absolute atomic E-state index is 12.4. The molecule has 0 aliphatic rings. The molecule has 0 N–H and O–H groups in total. The van der Waals surface area contributed by atoms with Gasteiger partial charge in [0.15, 0.2) is 11.6 Å². The SMILES string of the molecule is Fc1ccc(F)c(C(F)(F)F)c1F. The monoisotopic (exact) mass is 200 g/mol. The Morgan fingerprint density at radius 2 is 1.31 bits per heavy atom. The van der Waals surface area contributed by atoms with Crippen LogP contribution in [0.2, 0.25) is 0 Å². The van der Waals surface area contributed by atoms with E-state index >= 15 is 0 Å². The van der Waals surface area contributed by atoms with E-state index in [1.165, 1.54) is 0 Å². The molecule has 0 saturated heterocycles. The number of benzene rings is 1. The van der Waals surface area contributed by atoms with Gasteiger partial charge in [0.2, 0.25) is 0 Å². The van der Waals surface area contributed by atoms with Crippen molar-refractivity contribution in [1.29, 1.82) is 0 Å². The molecular formula is C7H2F6. The van der Waals surface area contributed by atoms with Crippen LogP contribution in [0.4, 0.5) is 26.3 Å². The Labute approximate surface area is 68.8 Å². The summed E-state index contributed by atoms with van der Waals surface area (Å²) in [4.78, 5) is 0. The van der Waals surface area contributed by atoms with Crippen molar-refractivity contribution >= 4 is 0 Å². The van der Waals surface area contributed by atoms with Crippen LogP contribution in [0.1, 0.15) is 5.56 Å². The molecule has 0 radical (unpaired) electrons. The van der Waals surface area contributed by atoms with E-state index in [4.69, 9.17) is 0 Å². The predicted octanol–water partition coefficient (Wildman–Crippen LogP) is 3.12. The van der Waals surface area contributed by atoms with E-state index in [9.17, 15) is 26.3 Å². The highest BCUT2D eigenvalue weighted by molar-refractivity contribution is 5.23. The third-order valence-corrected chi connectivity index (χ3v) is 1.33. The average Bonchev–Trinajstić information content (AvgIpc) is 1.95. The second-order valence-electron chi connectivity index (χ2n) is 2.22. The van der Waals surface area contributed by atoms with Gasteiger partial charge in [0.1, 0.15) is 11.4 Å². The van der Waals surface area contributed by atoms with E-state index in [2.05, 4.69) is 0 Å². The molecule has 0 aromatic heterocycles. The molecule has 72 valence electrons. The summed E-state index contributed by atoms with van der Waals surface area (Å²) < 4.78 is 72.6. The van der Waals surface area contributed by atoms with E-state index in [0.717, 1.165) is 0 Å². The van der Waals surface area contributed by atoms with Crippen LogP contribution in [-0.4, -0.2) is 0 Å². The van der Waals surface area contributed by atoms with Gasteiger partial charge < -0.3 is 0 Å². The Morgan fingerprint density at radius 1 is 0.846 bits per heavy atom. The molecule has 0 spiro atoms. The number of halogens is 6. The van der Waals surface area contributed by atoms with Crippen molar-refractivity contribution in [3.05, 3.63) is 35.1 Å². The zero-order chi connectivity index (χ0) is 10.2. The molecule has 0 amide bonds. The van der Waals surface area contributed by atoms with Gasteiger partial charge in [-0.3, -0.25) is 0 Å². The molecule has 0 aliphatic heterocycles. The molecule has 1 aromatic rings. The van der Waals surface area contributed by atoms with Gasteiger partial charge in [-0.1, -0.05) is 0 Å². The number of hydrogen-bond acceptors (Lipinski definition) is 0. The van der Waals surface area contributed by atoms with Crippen LogP contribution in [0, 0.1) is 17.5 Å². The topological polar surface area (TPSA) is 0 Å². The fourth-order valence-electron chi connectivity index (χ4n) is 0.787. The first kappa shape index (κ1) is 9.88. The third-order valence-electron chi connectivity index (χ3n) is 1.33. The van der Waals surface area contributed by atoms with Gasteiger partial charge in [0, 0.05) is 0 Å². The zero-order valence-electron chi connectivity index (χ0n) is 5.92. The summed E-state index contributed by atoms with van der Waals surface area (Å²) in [5.74, 6) is -5.77. The fraction of sp³-hybridized carbons (Fsp3) is 0.143. The molecule has 0 heterocycles. The second kappa shape index (κ2) is 2.93. The number of rotatable bonds is 0. The summed E-state index contributed by atoms with van der Waals surface area (Å²) in [6.45, 7) is 0. The quantitative estimate of drug-likeness (QED) is 0.445. The van der Waals surface area contributed by atoms with Crippen molar-refractivity contribution in [2.75, 3.05) is 0 Å². The summed E-state index contributed by atoms with van der Waals surface area (Å²) in [6, 6.07) is 0.515. The first-order valence-electron chi connectivity index (χ1n) is 3.04. The van der Waals surface area contributed by atoms with Crippen LogP contribution in [0.5, 0.6) is 0 Å². The average molecular weight is 200 g/mol. The lowest BCUT2D eigenvalue weighted by molar-refractivity contribution is -0.142. The van der Waals surface area contributed by atoms with Crippen molar-refractivity contribution < 1.29 is 26.3 Å². The lowest BCUT2D eigenvalue weighted by atomic mass is 10.2. The zero-order valence-corrected chi connectivity index (χ0v) is 5.92. The summed E-state index contributed by atoms with van der Waals surface area (Å²) >= 11 is 0. The molecule has 1 rings (SSSR count). The van der Waals surface area contributed by atoms with E-state index in [0.29, 0.717) is 6.07 Å². The molecule has 13 heavy (non-hydrogen) atoms. The molecule has 0 saturated carbocycles. The van der Waals surface area contributed by atoms with E-state index in [-0.39, 0.29) is 6.07 Å². The van der Waals surface area contributed by atoms with Crippen molar-refractivity contribution in [2.45, 2.75) is 6.18 Å². The second-order valence-corrected chi connectivity index (χ2v) is 2.22. The van der Waals surface area contributed by atoms with Gasteiger partial charge in [-0.2, -0.15) is 13.2 Å².